The van der Waals surface area contributed by atoms with Gasteiger partial charge in [-0.15, -0.1) is 0 Å². The number of pyridine rings is 1. The molecule has 1 saturated heterocycles. The van der Waals surface area contributed by atoms with Crippen molar-refractivity contribution in [2.45, 2.75) is 53.5 Å². The second-order valence-electron chi connectivity index (χ2n) is 11.2. The van der Waals surface area contributed by atoms with E-state index < -0.39 is 0 Å². The van der Waals surface area contributed by atoms with Crippen LogP contribution in [0.15, 0.2) is 42.6 Å². The third-order valence-electron chi connectivity index (χ3n) is 7.19. The molecule has 1 aliphatic heterocycles. The van der Waals surface area contributed by atoms with Crippen molar-refractivity contribution < 1.29 is 4.79 Å². The van der Waals surface area contributed by atoms with E-state index in [9.17, 15) is 4.79 Å². The molecule has 4 rings (SSSR count). The summed E-state index contributed by atoms with van der Waals surface area (Å²) >= 11 is 0. The van der Waals surface area contributed by atoms with Gasteiger partial charge in [0.05, 0.1) is 17.0 Å². The van der Waals surface area contributed by atoms with Gasteiger partial charge in [0.15, 0.2) is 0 Å². The zero-order chi connectivity index (χ0) is 26.4. The third kappa shape index (κ3) is 7.11. The van der Waals surface area contributed by atoms with Crippen LogP contribution < -0.4 is 11.1 Å². The number of carbonyl (C=O) groups is 1. The van der Waals surface area contributed by atoms with Gasteiger partial charge in [0.25, 0.3) is 5.91 Å². The minimum absolute atomic E-state index is 0.107. The maximum atomic E-state index is 13.7. The molecule has 2 aromatic heterocycles. The molecule has 0 aliphatic carbocycles. The lowest BCUT2D eigenvalue weighted by Gasteiger charge is -2.25. The van der Waals surface area contributed by atoms with Crippen molar-refractivity contribution >= 4 is 17.2 Å². The quantitative estimate of drug-likeness (QED) is 0.384. The fourth-order valence-corrected chi connectivity index (χ4v) is 4.84. The number of imidazole rings is 1. The van der Waals surface area contributed by atoms with Crippen molar-refractivity contribution in [3.8, 4) is 11.3 Å². The Morgan fingerprint density at radius 2 is 1.70 bits per heavy atom. The Labute approximate surface area is 222 Å². The lowest BCUT2D eigenvalue weighted by atomic mass is 10.1. The van der Waals surface area contributed by atoms with E-state index in [4.69, 9.17) is 10.7 Å². The fraction of sp³-hybridized carbons (Fsp3) is 0.533. The molecule has 0 spiro atoms. The normalized spacial score (nSPS) is 15.0. The van der Waals surface area contributed by atoms with Gasteiger partial charge < -0.3 is 20.4 Å². The van der Waals surface area contributed by atoms with Crippen LogP contribution in [-0.2, 0) is 6.54 Å². The predicted octanol–water partition coefficient (Wildman–Crippen LogP) is 4.91. The molecule has 37 heavy (non-hydrogen) atoms. The Kier molecular flexibility index (Phi) is 9.22. The number of hydrogen-bond acceptors (Lipinski definition) is 5. The van der Waals surface area contributed by atoms with Crippen LogP contribution in [0.3, 0.4) is 0 Å². The van der Waals surface area contributed by atoms with E-state index >= 15 is 0 Å². The summed E-state index contributed by atoms with van der Waals surface area (Å²) in [5.74, 6) is 1.22. The van der Waals surface area contributed by atoms with Crippen LogP contribution in [0.2, 0.25) is 0 Å². The summed E-state index contributed by atoms with van der Waals surface area (Å²) in [7, 11) is 0. The minimum Gasteiger partial charge on any atom is -0.399 e. The number of anilines is 1. The van der Waals surface area contributed by atoms with Crippen LogP contribution in [0.25, 0.3) is 16.9 Å². The molecule has 3 aromatic rings. The lowest BCUT2D eigenvalue weighted by Crippen LogP contribution is -2.34. The smallest absolute Gasteiger partial charge is 0.255 e. The van der Waals surface area contributed by atoms with Crippen LogP contribution in [0, 0.1) is 11.8 Å². The van der Waals surface area contributed by atoms with Crippen molar-refractivity contribution in [3.63, 3.8) is 0 Å². The molecule has 0 saturated carbocycles. The van der Waals surface area contributed by atoms with Gasteiger partial charge in [0, 0.05) is 50.2 Å². The number of nitrogen functional groups attached to an aromatic ring is 1. The first kappa shape index (κ1) is 27.1. The van der Waals surface area contributed by atoms with Crippen molar-refractivity contribution in [2.75, 3.05) is 45.0 Å². The Morgan fingerprint density at radius 3 is 2.38 bits per heavy atom. The summed E-state index contributed by atoms with van der Waals surface area (Å²) in [6.45, 7) is 15.3. The summed E-state index contributed by atoms with van der Waals surface area (Å²) < 4.78 is 2.14. The summed E-state index contributed by atoms with van der Waals surface area (Å²) in [5, 5.41) is 3.49. The van der Waals surface area contributed by atoms with Crippen LogP contribution in [0.4, 0.5) is 5.69 Å². The van der Waals surface area contributed by atoms with Crippen LogP contribution in [0.1, 0.15) is 63.0 Å². The zero-order valence-electron chi connectivity index (χ0n) is 23.0. The molecular formula is C30H44N6O. The number of aromatic nitrogens is 2. The standard InChI is InChI=1S/C30H44N6O/c1-22(2)12-17-35(18-13-23(3)4)30(37)25-8-11-28-33-29(24-6-9-26(31)10-7-24)27(36(28)20-25)21-34-16-5-14-32-15-19-34/h6-11,20,22-23,32H,5,12-19,21,31H2,1-4H3. The SMILES string of the molecule is CC(C)CCN(CCC(C)C)C(=O)c1ccc2nc(-c3ccc(N)cc3)c(CN3CCCNCC3)n2c1. The summed E-state index contributed by atoms with van der Waals surface area (Å²) in [5.41, 5.74) is 11.4. The molecule has 1 fully saturated rings. The highest BCUT2D eigenvalue weighted by molar-refractivity contribution is 5.94. The van der Waals surface area contributed by atoms with Gasteiger partial charge in [0.1, 0.15) is 5.65 Å². The van der Waals surface area contributed by atoms with Crippen molar-refractivity contribution in [3.05, 3.63) is 53.9 Å². The Bertz CT molecular complexity index is 1150. The number of nitrogens with zero attached hydrogens (tertiary/aromatic N) is 4. The average Bonchev–Trinajstić information content (AvgIpc) is 3.03. The highest BCUT2D eigenvalue weighted by atomic mass is 16.2. The lowest BCUT2D eigenvalue weighted by molar-refractivity contribution is 0.0740. The highest BCUT2D eigenvalue weighted by Crippen LogP contribution is 2.27. The second kappa shape index (κ2) is 12.6. The monoisotopic (exact) mass is 504 g/mol. The van der Waals surface area contributed by atoms with Crippen LogP contribution in [0.5, 0.6) is 0 Å². The molecule has 7 nitrogen and oxygen atoms in total. The van der Waals surface area contributed by atoms with Crippen molar-refractivity contribution in [1.82, 2.24) is 24.5 Å². The summed E-state index contributed by atoms with van der Waals surface area (Å²) in [4.78, 5) is 23.3. The molecular weight excluding hydrogens is 460 g/mol. The maximum Gasteiger partial charge on any atom is 0.255 e. The molecule has 200 valence electrons. The van der Waals surface area contributed by atoms with E-state index in [1.807, 2.05) is 47.5 Å². The first-order chi connectivity index (χ1) is 17.8. The molecule has 1 aromatic carbocycles. The first-order valence-corrected chi connectivity index (χ1v) is 13.9. The van der Waals surface area contributed by atoms with Crippen LogP contribution >= 0.6 is 0 Å². The largest absolute Gasteiger partial charge is 0.399 e. The second-order valence-corrected chi connectivity index (χ2v) is 11.2. The van der Waals surface area contributed by atoms with Crippen molar-refractivity contribution in [2.24, 2.45) is 11.8 Å². The molecule has 0 bridgehead atoms. The molecule has 1 amide bonds. The number of nitrogens with one attached hydrogen (secondary N) is 1. The number of benzene rings is 1. The Hall–Kier alpha value is -2.90. The van der Waals surface area contributed by atoms with Gasteiger partial charge in [-0.25, -0.2) is 4.98 Å². The van der Waals surface area contributed by atoms with E-state index in [0.717, 1.165) is 98.9 Å². The molecule has 0 unspecified atom stereocenters. The zero-order valence-corrected chi connectivity index (χ0v) is 23.0. The fourth-order valence-electron chi connectivity index (χ4n) is 4.84. The molecule has 1 aliphatic rings. The molecule has 0 atom stereocenters. The van der Waals surface area contributed by atoms with E-state index in [1.54, 1.807) is 0 Å². The van der Waals surface area contributed by atoms with Gasteiger partial charge in [-0.3, -0.25) is 9.69 Å². The number of fused-ring (bicyclic) bond motifs is 1. The van der Waals surface area contributed by atoms with Crippen molar-refractivity contribution in [1.29, 1.82) is 0 Å². The maximum absolute atomic E-state index is 13.7. The van der Waals surface area contributed by atoms with Gasteiger partial charge in [-0.1, -0.05) is 39.8 Å². The van der Waals surface area contributed by atoms with Gasteiger partial charge in [-0.2, -0.15) is 0 Å². The van der Waals surface area contributed by atoms with Gasteiger partial charge in [-0.05, 0) is 68.5 Å². The first-order valence-electron chi connectivity index (χ1n) is 13.9. The van der Waals surface area contributed by atoms with Crippen LogP contribution in [-0.4, -0.2) is 64.4 Å². The third-order valence-corrected chi connectivity index (χ3v) is 7.19. The van der Waals surface area contributed by atoms with Gasteiger partial charge >= 0.3 is 0 Å². The topological polar surface area (TPSA) is 78.9 Å². The Balaban J connectivity index is 1.71. The summed E-state index contributed by atoms with van der Waals surface area (Å²) in [6, 6.07) is 11.9. The van der Waals surface area contributed by atoms with Gasteiger partial charge in [0.2, 0.25) is 0 Å². The predicted molar refractivity (Wildman–Crippen MR) is 153 cm³/mol. The van der Waals surface area contributed by atoms with E-state index in [1.165, 1.54) is 0 Å². The number of hydrogen-bond donors (Lipinski definition) is 2. The minimum atomic E-state index is 0.107. The molecule has 3 heterocycles. The molecule has 3 N–H and O–H groups in total. The average molecular weight is 505 g/mol. The number of carbonyl (C=O) groups excluding carboxylic acids is 1. The Morgan fingerprint density at radius 1 is 1.00 bits per heavy atom. The van der Waals surface area contributed by atoms with E-state index in [-0.39, 0.29) is 5.91 Å². The van der Waals surface area contributed by atoms with E-state index in [0.29, 0.717) is 11.8 Å². The highest BCUT2D eigenvalue weighted by Gasteiger charge is 2.21. The molecule has 0 radical (unpaired) electrons. The number of rotatable bonds is 10. The number of amides is 1. The molecule has 7 heteroatoms. The summed E-state index contributed by atoms with van der Waals surface area (Å²) in [6.07, 6.45) is 5.15. The van der Waals surface area contributed by atoms with E-state index in [2.05, 4.69) is 42.3 Å². The number of nitrogens with two attached hydrogens (primary N) is 1.